The maximum absolute atomic E-state index is 12.1. The van der Waals surface area contributed by atoms with Crippen molar-refractivity contribution in [3.05, 3.63) is 36.2 Å². The molecule has 2 atom stereocenters. The molecule has 0 bridgehead atoms. The smallest absolute Gasteiger partial charge is 0.275 e. The van der Waals surface area contributed by atoms with E-state index in [0.29, 0.717) is 11.4 Å². The normalized spacial score (nSPS) is 13.5. The second-order valence-electron chi connectivity index (χ2n) is 5.13. The van der Waals surface area contributed by atoms with Crippen LogP contribution in [0.4, 0.5) is 0 Å². The fourth-order valence-electron chi connectivity index (χ4n) is 1.80. The maximum Gasteiger partial charge on any atom is 0.275 e. The van der Waals surface area contributed by atoms with E-state index in [1.807, 2.05) is 0 Å². The number of hydrogen-bond acceptors (Lipinski definition) is 5. The van der Waals surface area contributed by atoms with Gasteiger partial charge in [0.05, 0.1) is 19.0 Å². The zero-order chi connectivity index (χ0) is 16.3. The monoisotopic (exact) mass is 304 g/mol. The van der Waals surface area contributed by atoms with Crippen molar-refractivity contribution in [2.45, 2.75) is 25.9 Å². The van der Waals surface area contributed by atoms with Gasteiger partial charge in [-0.25, -0.2) is 4.68 Å². The molecule has 0 aliphatic heterocycles. The quantitative estimate of drug-likeness (QED) is 0.766. The summed E-state index contributed by atoms with van der Waals surface area (Å²) in [5.74, 6) is 0.0589. The Morgan fingerprint density at radius 3 is 2.55 bits per heavy atom. The van der Waals surface area contributed by atoms with Crippen LogP contribution in [0.2, 0.25) is 0 Å². The zero-order valence-electron chi connectivity index (χ0n) is 12.8. The van der Waals surface area contributed by atoms with Gasteiger partial charge >= 0.3 is 0 Å². The summed E-state index contributed by atoms with van der Waals surface area (Å²) in [6, 6.07) is 6.67. The molecule has 0 aliphatic carbocycles. The van der Waals surface area contributed by atoms with Crippen LogP contribution in [0.5, 0.6) is 11.5 Å². The number of hydrogen-bond donors (Lipinski definition) is 3. The summed E-state index contributed by atoms with van der Waals surface area (Å²) in [6.07, 6.45) is 1.38. The molecule has 0 saturated heterocycles. The van der Waals surface area contributed by atoms with E-state index in [9.17, 15) is 9.90 Å². The van der Waals surface area contributed by atoms with Gasteiger partial charge in [-0.3, -0.25) is 4.79 Å². The number of carbonyl (C=O) groups excluding carboxylic acids is 1. The number of methoxy groups -OCH3 is 1. The summed E-state index contributed by atoms with van der Waals surface area (Å²) in [7, 11) is 1.58. The van der Waals surface area contributed by atoms with Crippen LogP contribution in [0.3, 0.4) is 0 Å². The largest absolute Gasteiger partial charge is 0.504 e. The zero-order valence-corrected chi connectivity index (χ0v) is 12.8. The van der Waals surface area contributed by atoms with Crippen LogP contribution in [0.1, 0.15) is 24.3 Å². The maximum atomic E-state index is 12.1. The van der Waals surface area contributed by atoms with Crippen LogP contribution in [0.15, 0.2) is 30.5 Å². The summed E-state index contributed by atoms with van der Waals surface area (Å²) in [4.78, 5) is 12.1. The molecule has 1 aromatic heterocycles. The average Bonchev–Trinajstić information content (AvgIpc) is 2.89. The standard InChI is InChI=1S/C15H20N4O3/c1-9(16)10(2)17-15(21)14-13(20)8-19(18-14)11-4-6-12(22-3)7-5-11/h4-10,20H,16H2,1-3H3,(H,17,21). The van der Waals surface area contributed by atoms with Gasteiger partial charge in [-0.05, 0) is 38.1 Å². The number of carbonyl (C=O) groups is 1. The lowest BCUT2D eigenvalue weighted by atomic mass is 10.2. The molecular weight excluding hydrogens is 284 g/mol. The molecule has 0 fully saturated rings. The van der Waals surface area contributed by atoms with Gasteiger partial charge in [0, 0.05) is 12.1 Å². The number of rotatable bonds is 5. The van der Waals surface area contributed by atoms with E-state index >= 15 is 0 Å². The third kappa shape index (κ3) is 3.37. The Morgan fingerprint density at radius 1 is 1.36 bits per heavy atom. The fourth-order valence-corrected chi connectivity index (χ4v) is 1.80. The Labute approximate surface area is 128 Å². The second kappa shape index (κ2) is 6.48. The summed E-state index contributed by atoms with van der Waals surface area (Å²) in [5.41, 5.74) is 6.37. The first kappa shape index (κ1) is 15.8. The minimum Gasteiger partial charge on any atom is -0.504 e. The van der Waals surface area contributed by atoms with E-state index in [-0.39, 0.29) is 23.5 Å². The van der Waals surface area contributed by atoms with Crippen molar-refractivity contribution in [1.29, 1.82) is 0 Å². The van der Waals surface area contributed by atoms with Crippen LogP contribution in [-0.2, 0) is 0 Å². The minimum atomic E-state index is -0.463. The number of aromatic nitrogens is 2. The Balaban J connectivity index is 2.21. The van der Waals surface area contributed by atoms with Crippen molar-refractivity contribution in [1.82, 2.24) is 15.1 Å². The van der Waals surface area contributed by atoms with Gasteiger partial charge in [-0.2, -0.15) is 5.10 Å². The van der Waals surface area contributed by atoms with Gasteiger partial charge in [-0.15, -0.1) is 0 Å². The van der Waals surface area contributed by atoms with Crippen LogP contribution in [0.25, 0.3) is 5.69 Å². The van der Waals surface area contributed by atoms with Crippen LogP contribution in [0, 0.1) is 0 Å². The van der Waals surface area contributed by atoms with Crippen molar-refractivity contribution >= 4 is 5.91 Å². The molecule has 22 heavy (non-hydrogen) atoms. The molecule has 1 aromatic carbocycles. The molecular formula is C15H20N4O3. The van der Waals surface area contributed by atoms with Crippen LogP contribution in [-0.4, -0.2) is 40.0 Å². The Kier molecular flexibility index (Phi) is 4.67. The van der Waals surface area contributed by atoms with E-state index in [0.717, 1.165) is 0 Å². The number of benzene rings is 1. The lowest BCUT2D eigenvalue weighted by Crippen LogP contribution is -2.44. The molecule has 2 unspecified atom stereocenters. The third-order valence-corrected chi connectivity index (χ3v) is 3.39. The van der Waals surface area contributed by atoms with E-state index < -0.39 is 5.91 Å². The Hall–Kier alpha value is -2.54. The van der Waals surface area contributed by atoms with Gasteiger partial charge in [0.2, 0.25) is 0 Å². The molecule has 0 saturated carbocycles. The van der Waals surface area contributed by atoms with Gasteiger partial charge in [0.15, 0.2) is 11.4 Å². The summed E-state index contributed by atoms with van der Waals surface area (Å²) in [5, 5.41) is 16.7. The predicted molar refractivity (Wildman–Crippen MR) is 82.4 cm³/mol. The highest BCUT2D eigenvalue weighted by Crippen LogP contribution is 2.20. The molecule has 0 aliphatic rings. The number of amides is 1. The van der Waals surface area contributed by atoms with Crippen LogP contribution < -0.4 is 15.8 Å². The van der Waals surface area contributed by atoms with E-state index in [4.69, 9.17) is 10.5 Å². The number of nitrogens with zero attached hydrogens (tertiary/aromatic N) is 2. The van der Waals surface area contributed by atoms with E-state index in [1.54, 1.807) is 45.2 Å². The molecule has 1 amide bonds. The fraction of sp³-hybridized carbons (Fsp3) is 0.333. The van der Waals surface area contributed by atoms with E-state index in [1.165, 1.54) is 10.9 Å². The second-order valence-corrected chi connectivity index (χ2v) is 5.13. The van der Waals surface area contributed by atoms with Gasteiger partial charge in [0.1, 0.15) is 5.75 Å². The molecule has 0 radical (unpaired) electrons. The first-order valence-corrected chi connectivity index (χ1v) is 6.92. The highest BCUT2D eigenvalue weighted by molar-refractivity contribution is 5.95. The molecule has 0 spiro atoms. The molecule has 118 valence electrons. The Morgan fingerprint density at radius 2 is 2.00 bits per heavy atom. The van der Waals surface area contributed by atoms with Gasteiger partial charge in [-0.1, -0.05) is 0 Å². The molecule has 2 rings (SSSR count). The van der Waals surface area contributed by atoms with Crippen molar-refractivity contribution in [3.63, 3.8) is 0 Å². The van der Waals surface area contributed by atoms with E-state index in [2.05, 4.69) is 10.4 Å². The first-order chi connectivity index (χ1) is 10.4. The van der Waals surface area contributed by atoms with Crippen molar-refractivity contribution in [2.75, 3.05) is 7.11 Å². The topological polar surface area (TPSA) is 102 Å². The van der Waals surface area contributed by atoms with Crippen molar-refractivity contribution < 1.29 is 14.6 Å². The molecule has 7 heteroatoms. The first-order valence-electron chi connectivity index (χ1n) is 6.92. The number of ether oxygens (including phenoxy) is 1. The van der Waals surface area contributed by atoms with Crippen molar-refractivity contribution in [3.8, 4) is 17.2 Å². The lowest BCUT2D eigenvalue weighted by molar-refractivity contribution is 0.0927. The Bertz CT molecular complexity index is 649. The van der Waals surface area contributed by atoms with Crippen LogP contribution >= 0.6 is 0 Å². The lowest BCUT2D eigenvalue weighted by Gasteiger charge is -2.16. The summed E-state index contributed by atoms with van der Waals surface area (Å²) >= 11 is 0. The predicted octanol–water partition coefficient (Wildman–Crippen LogP) is 1.05. The SMILES string of the molecule is COc1ccc(-n2cc(O)c(C(=O)NC(C)C(C)N)n2)cc1. The number of aromatic hydroxyl groups is 1. The number of nitrogens with one attached hydrogen (secondary N) is 1. The minimum absolute atomic E-state index is 0.0386. The van der Waals surface area contributed by atoms with Crippen molar-refractivity contribution in [2.24, 2.45) is 5.73 Å². The third-order valence-electron chi connectivity index (χ3n) is 3.39. The van der Waals surface area contributed by atoms with Gasteiger partial charge < -0.3 is 20.9 Å². The summed E-state index contributed by atoms with van der Waals surface area (Å²) in [6.45, 7) is 3.58. The number of nitrogens with two attached hydrogens (primary N) is 1. The highest BCUT2D eigenvalue weighted by atomic mass is 16.5. The highest BCUT2D eigenvalue weighted by Gasteiger charge is 2.20. The molecule has 4 N–H and O–H groups in total. The molecule has 1 heterocycles. The van der Waals surface area contributed by atoms with Gasteiger partial charge in [0.25, 0.3) is 5.91 Å². The summed E-state index contributed by atoms with van der Waals surface area (Å²) < 4.78 is 6.51. The molecule has 7 nitrogen and oxygen atoms in total. The molecule has 2 aromatic rings. The average molecular weight is 304 g/mol.